The average Bonchev–Trinajstić information content (AvgIpc) is 3.06. The number of rotatable bonds is 7. The summed E-state index contributed by atoms with van der Waals surface area (Å²) in [6.45, 7) is 3.36. The third-order valence-electron chi connectivity index (χ3n) is 4.33. The Balaban J connectivity index is 1.80. The van der Waals surface area contributed by atoms with Gasteiger partial charge in [-0.2, -0.15) is 0 Å². The first kappa shape index (κ1) is 19.4. The van der Waals surface area contributed by atoms with E-state index < -0.39 is 21.9 Å². The molecule has 1 amide bonds. The SMILES string of the molecule is Cc1ccc(S(=O)(=O)CCC(=O)O[C@@H](C)C(=O)NC2CCCC2)cc1. The molecule has 1 N–H and O–H groups in total. The summed E-state index contributed by atoms with van der Waals surface area (Å²) in [5, 5.41) is 2.85. The molecule has 0 heterocycles. The molecule has 1 fully saturated rings. The van der Waals surface area contributed by atoms with Crippen molar-refractivity contribution in [3.8, 4) is 0 Å². The Morgan fingerprint density at radius 2 is 1.80 bits per heavy atom. The van der Waals surface area contributed by atoms with Crippen LogP contribution < -0.4 is 5.32 Å². The number of sulfone groups is 1. The lowest BCUT2D eigenvalue weighted by Gasteiger charge is -2.17. The van der Waals surface area contributed by atoms with E-state index in [0.717, 1.165) is 31.2 Å². The molecule has 2 rings (SSSR count). The van der Waals surface area contributed by atoms with Gasteiger partial charge in [0.2, 0.25) is 0 Å². The monoisotopic (exact) mass is 367 g/mol. The van der Waals surface area contributed by atoms with Crippen molar-refractivity contribution in [2.24, 2.45) is 0 Å². The van der Waals surface area contributed by atoms with Crippen LogP contribution in [0.1, 0.15) is 44.6 Å². The molecule has 1 aliphatic rings. The molecule has 0 radical (unpaired) electrons. The van der Waals surface area contributed by atoms with Gasteiger partial charge in [-0.05, 0) is 38.8 Å². The first-order chi connectivity index (χ1) is 11.8. The van der Waals surface area contributed by atoms with Crippen molar-refractivity contribution < 1.29 is 22.7 Å². The second-order valence-corrected chi connectivity index (χ2v) is 8.61. The van der Waals surface area contributed by atoms with Crippen LogP contribution in [0.3, 0.4) is 0 Å². The summed E-state index contributed by atoms with van der Waals surface area (Å²) in [7, 11) is -3.55. The normalized spacial score (nSPS) is 16.4. The zero-order valence-electron chi connectivity index (χ0n) is 14.7. The Labute approximate surface area is 148 Å². The van der Waals surface area contributed by atoms with E-state index in [1.54, 1.807) is 12.1 Å². The second-order valence-electron chi connectivity index (χ2n) is 6.50. The van der Waals surface area contributed by atoms with Crippen molar-refractivity contribution in [1.82, 2.24) is 5.32 Å². The number of ether oxygens (including phenoxy) is 1. The van der Waals surface area contributed by atoms with Gasteiger partial charge in [-0.3, -0.25) is 9.59 Å². The standard InChI is InChI=1S/C18H25NO5S/c1-13-7-9-16(10-8-13)25(22,23)12-11-17(20)24-14(2)18(21)19-15-5-3-4-6-15/h7-10,14-15H,3-6,11-12H2,1-2H3,(H,19,21)/t14-/m0/s1. The van der Waals surface area contributed by atoms with E-state index in [4.69, 9.17) is 4.74 Å². The summed E-state index contributed by atoms with van der Waals surface area (Å²) < 4.78 is 29.5. The van der Waals surface area contributed by atoms with Gasteiger partial charge in [-0.25, -0.2) is 8.42 Å². The first-order valence-corrected chi connectivity index (χ1v) is 10.2. The molecule has 6 nitrogen and oxygen atoms in total. The van der Waals surface area contributed by atoms with E-state index in [1.807, 2.05) is 6.92 Å². The van der Waals surface area contributed by atoms with Crippen LogP contribution in [0, 0.1) is 6.92 Å². The van der Waals surface area contributed by atoms with Gasteiger partial charge in [0.25, 0.3) is 5.91 Å². The lowest BCUT2D eigenvalue weighted by molar-refractivity contribution is -0.154. The number of carbonyl (C=O) groups excluding carboxylic acids is 2. The number of aryl methyl sites for hydroxylation is 1. The van der Waals surface area contributed by atoms with Crippen molar-refractivity contribution in [3.05, 3.63) is 29.8 Å². The molecule has 7 heteroatoms. The highest BCUT2D eigenvalue weighted by atomic mass is 32.2. The number of benzene rings is 1. The fourth-order valence-electron chi connectivity index (χ4n) is 2.78. The molecule has 1 aliphatic carbocycles. The number of hydrogen-bond donors (Lipinski definition) is 1. The van der Waals surface area contributed by atoms with Gasteiger partial charge in [-0.15, -0.1) is 0 Å². The third kappa shape index (κ3) is 5.85. The highest BCUT2D eigenvalue weighted by Gasteiger charge is 2.24. The molecule has 1 aromatic carbocycles. The van der Waals surface area contributed by atoms with Gasteiger partial charge in [0, 0.05) is 6.04 Å². The van der Waals surface area contributed by atoms with Crippen LogP contribution in [0.25, 0.3) is 0 Å². The van der Waals surface area contributed by atoms with Crippen molar-refractivity contribution >= 4 is 21.7 Å². The Hall–Kier alpha value is -1.89. The molecule has 0 aromatic heterocycles. The summed E-state index contributed by atoms with van der Waals surface area (Å²) >= 11 is 0. The van der Waals surface area contributed by atoms with E-state index in [1.165, 1.54) is 19.1 Å². The Morgan fingerprint density at radius 3 is 2.40 bits per heavy atom. The maximum Gasteiger partial charge on any atom is 0.307 e. The number of carbonyl (C=O) groups is 2. The molecular weight excluding hydrogens is 342 g/mol. The molecule has 0 bridgehead atoms. The molecule has 0 aliphatic heterocycles. The minimum Gasteiger partial charge on any atom is -0.453 e. The average molecular weight is 367 g/mol. The topological polar surface area (TPSA) is 89.5 Å². The Kier molecular flexibility index (Phi) is 6.58. The van der Waals surface area contributed by atoms with Crippen molar-refractivity contribution in [1.29, 1.82) is 0 Å². The molecule has 1 saturated carbocycles. The predicted octanol–water partition coefficient (Wildman–Crippen LogP) is 2.15. The van der Waals surface area contributed by atoms with Crippen molar-refractivity contribution in [2.45, 2.75) is 63.0 Å². The third-order valence-corrected chi connectivity index (χ3v) is 6.07. The summed E-state index contributed by atoms with van der Waals surface area (Å²) in [6, 6.07) is 6.61. The fraction of sp³-hybridized carbons (Fsp3) is 0.556. The lowest BCUT2D eigenvalue weighted by atomic mass is 10.2. The van der Waals surface area contributed by atoms with Crippen LogP contribution in [-0.4, -0.2) is 38.2 Å². The number of amides is 1. The smallest absolute Gasteiger partial charge is 0.307 e. The second kappa shape index (κ2) is 8.47. The van der Waals surface area contributed by atoms with Gasteiger partial charge in [0.15, 0.2) is 15.9 Å². The lowest BCUT2D eigenvalue weighted by Crippen LogP contribution is -2.41. The van der Waals surface area contributed by atoms with Gasteiger partial charge < -0.3 is 10.1 Å². The minimum atomic E-state index is -3.55. The highest BCUT2D eigenvalue weighted by Crippen LogP contribution is 2.18. The van der Waals surface area contributed by atoms with Crippen LogP contribution in [0.5, 0.6) is 0 Å². The van der Waals surface area contributed by atoms with E-state index >= 15 is 0 Å². The Morgan fingerprint density at radius 1 is 1.20 bits per heavy atom. The van der Waals surface area contributed by atoms with Gasteiger partial charge in [0.1, 0.15) is 0 Å². The summed E-state index contributed by atoms with van der Waals surface area (Å²) in [4.78, 5) is 24.0. The molecular formula is C18H25NO5S. The number of hydrogen-bond acceptors (Lipinski definition) is 5. The van der Waals surface area contributed by atoms with E-state index in [2.05, 4.69) is 5.32 Å². The molecule has 138 valence electrons. The van der Waals surface area contributed by atoms with Crippen molar-refractivity contribution in [2.75, 3.05) is 5.75 Å². The first-order valence-electron chi connectivity index (χ1n) is 8.57. The molecule has 0 saturated heterocycles. The maximum atomic E-state index is 12.2. The maximum absolute atomic E-state index is 12.2. The van der Waals surface area contributed by atoms with Crippen molar-refractivity contribution in [3.63, 3.8) is 0 Å². The molecule has 1 aromatic rings. The van der Waals surface area contributed by atoms with E-state index in [-0.39, 0.29) is 29.0 Å². The molecule has 0 spiro atoms. The number of esters is 1. The summed E-state index contributed by atoms with van der Waals surface area (Å²) in [6.07, 6.45) is 2.88. The molecule has 0 unspecified atom stereocenters. The van der Waals surface area contributed by atoms with Gasteiger partial charge in [-0.1, -0.05) is 30.5 Å². The quantitative estimate of drug-likeness (QED) is 0.746. The molecule has 1 atom stereocenters. The van der Waals surface area contributed by atoms with Crippen LogP contribution >= 0.6 is 0 Å². The van der Waals surface area contributed by atoms with Gasteiger partial charge in [0.05, 0.1) is 17.1 Å². The zero-order valence-corrected chi connectivity index (χ0v) is 15.5. The van der Waals surface area contributed by atoms with Crippen LogP contribution in [-0.2, 0) is 24.2 Å². The summed E-state index contributed by atoms with van der Waals surface area (Å²) in [5.74, 6) is -1.36. The predicted molar refractivity (Wildman–Crippen MR) is 93.8 cm³/mol. The largest absolute Gasteiger partial charge is 0.453 e. The van der Waals surface area contributed by atoms with Crippen LogP contribution in [0.4, 0.5) is 0 Å². The van der Waals surface area contributed by atoms with Crippen LogP contribution in [0.2, 0.25) is 0 Å². The zero-order chi connectivity index (χ0) is 18.4. The fourth-order valence-corrected chi connectivity index (χ4v) is 4.00. The van der Waals surface area contributed by atoms with Crippen LogP contribution in [0.15, 0.2) is 29.2 Å². The van der Waals surface area contributed by atoms with E-state index in [9.17, 15) is 18.0 Å². The molecule has 25 heavy (non-hydrogen) atoms. The summed E-state index contributed by atoms with van der Waals surface area (Å²) in [5.41, 5.74) is 0.959. The Bertz CT molecular complexity index is 705. The minimum absolute atomic E-state index is 0.149. The highest BCUT2D eigenvalue weighted by molar-refractivity contribution is 7.91. The van der Waals surface area contributed by atoms with Gasteiger partial charge >= 0.3 is 5.97 Å². The van der Waals surface area contributed by atoms with E-state index in [0.29, 0.717) is 0 Å². The number of nitrogens with one attached hydrogen (secondary N) is 1.